The summed E-state index contributed by atoms with van der Waals surface area (Å²) in [5.74, 6) is 1.77. The molecule has 1 aromatic rings. The number of amides is 1. The fraction of sp³-hybridized carbons (Fsp3) is 0.588. The highest BCUT2D eigenvalue weighted by atomic mass is 16.2. The number of carbonyl (C=O) groups is 1. The van der Waals surface area contributed by atoms with E-state index in [1.165, 1.54) is 6.42 Å². The Hall–Kier alpha value is -1.35. The quantitative estimate of drug-likeness (QED) is 0.894. The number of carbonyl (C=O) groups excluding carboxylic acids is 1. The van der Waals surface area contributed by atoms with Crippen LogP contribution in [-0.4, -0.2) is 23.5 Å². The second-order valence-corrected chi connectivity index (χ2v) is 6.28. The van der Waals surface area contributed by atoms with Gasteiger partial charge in [0, 0.05) is 6.54 Å². The van der Waals surface area contributed by atoms with Crippen molar-refractivity contribution in [3.8, 4) is 0 Å². The molecule has 3 rings (SSSR count). The Bertz CT molecular complexity index is 473. The summed E-state index contributed by atoms with van der Waals surface area (Å²) in [6.07, 6.45) is 3.63. The van der Waals surface area contributed by atoms with Crippen LogP contribution >= 0.6 is 0 Å². The summed E-state index contributed by atoms with van der Waals surface area (Å²) in [5, 5.41) is 3.53. The van der Waals surface area contributed by atoms with Crippen molar-refractivity contribution in [2.75, 3.05) is 6.54 Å². The molecule has 3 nitrogen and oxygen atoms in total. The molecule has 4 unspecified atom stereocenters. The number of nitrogens with zero attached hydrogens (tertiary/aromatic N) is 1. The van der Waals surface area contributed by atoms with Crippen molar-refractivity contribution in [2.45, 2.75) is 45.3 Å². The van der Waals surface area contributed by atoms with Gasteiger partial charge in [-0.3, -0.25) is 10.1 Å². The van der Waals surface area contributed by atoms with Gasteiger partial charge in [-0.05, 0) is 30.2 Å². The standard InChI is InChI=1S/C17H24N2O/c1-3-7-15-18-16(13-8-5-4-6-9-13)17(20)19(15)11-14-10-12(14)2/h4-6,8-9,12,14-16,18H,3,7,10-11H2,1-2H3. The molecule has 1 heterocycles. The molecule has 4 atom stereocenters. The first-order valence-electron chi connectivity index (χ1n) is 7.82. The van der Waals surface area contributed by atoms with Gasteiger partial charge < -0.3 is 4.90 Å². The molecule has 1 saturated heterocycles. The molecular formula is C17H24N2O. The molecule has 2 fully saturated rings. The zero-order valence-electron chi connectivity index (χ0n) is 12.4. The first-order valence-corrected chi connectivity index (χ1v) is 7.82. The summed E-state index contributed by atoms with van der Waals surface area (Å²) in [6.45, 7) is 5.39. The molecule has 2 aliphatic rings. The van der Waals surface area contributed by atoms with E-state index >= 15 is 0 Å². The van der Waals surface area contributed by atoms with Gasteiger partial charge in [-0.1, -0.05) is 50.6 Å². The van der Waals surface area contributed by atoms with Crippen LogP contribution in [0.1, 0.15) is 44.7 Å². The van der Waals surface area contributed by atoms with Gasteiger partial charge in [0.05, 0.1) is 6.17 Å². The van der Waals surface area contributed by atoms with Crippen molar-refractivity contribution in [3.05, 3.63) is 35.9 Å². The van der Waals surface area contributed by atoms with E-state index in [0.29, 0.717) is 0 Å². The Morgan fingerprint density at radius 1 is 1.30 bits per heavy atom. The van der Waals surface area contributed by atoms with Gasteiger partial charge >= 0.3 is 0 Å². The molecule has 20 heavy (non-hydrogen) atoms. The van der Waals surface area contributed by atoms with E-state index in [4.69, 9.17) is 0 Å². The first-order chi connectivity index (χ1) is 9.70. The zero-order valence-corrected chi connectivity index (χ0v) is 12.4. The Balaban J connectivity index is 1.76. The molecule has 108 valence electrons. The Morgan fingerprint density at radius 3 is 2.60 bits per heavy atom. The van der Waals surface area contributed by atoms with E-state index in [0.717, 1.165) is 36.8 Å². The van der Waals surface area contributed by atoms with Crippen molar-refractivity contribution < 1.29 is 4.79 Å². The first kappa shape index (κ1) is 13.6. The summed E-state index contributed by atoms with van der Waals surface area (Å²) >= 11 is 0. The van der Waals surface area contributed by atoms with Crippen LogP contribution in [0.25, 0.3) is 0 Å². The number of nitrogens with one attached hydrogen (secondary N) is 1. The van der Waals surface area contributed by atoms with Gasteiger partial charge in [-0.2, -0.15) is 0 Å². The van der Waals surface area contributed by atoms with E-state index in [2.05, 4.69) is 24.1 Å². The average molecular weight is 272 g/mol. The van der Waals surface area contributed by atoms with Crippen LogP contribution < -0.4 is 5.32 Å². The van der Waals surface area contributed by atoms with Gasteiger partial charge in [0.25, 0.3) is 0 Å². The summed E-state index contributed by atoms with van der Waals surface area (Å²) in [7, 11) is 0. The molecule has 1 aliphatic heterocycles. The minimum Gasteiger partial charge on any atom is -0.325 e. The highest BCUT2D eigenvalue weighted by Crippen LogP contribution is 2.40. The predicted octanol–water partition coefficient (Wildman–Crippen LogP) is 2.94. The summed E-state index contributed by atoms with van der Waals surface area (Å²) in [5.41, 5.74) is 1.09. The van der Waals surface area contributed by atoms with Crippen LogP contribution in [0.5, 0.6) is 0 Å². The molecule has 0 aromatic heterocycles. The van der Waals surface area contributed by atoms with E-state index in [1.54, 1.807) is 0 Å². The minimum absolute atomic E-state index is 0.151. The van der Waals surface area contributed by atoms with E-state index < -0.39 is 0 Å². The average Bonchev–Trinajstić information content (AvgIpc) is 3.08. The van der Waals surface area contributed by atoms with Crippen LogP contribution in [0, 0.1) is 11.8 Å². The molecule has 1 aromatic carbocycles. The third-order valence-corrected chi connectivity index (χ3v) is 4.67. The fourth-order valence-corrected chi connectivity index (χ4v) is 3.19. The fourth-order valence-electron chi connectivity index (χ4n) is 3.19. The molecule has 0 radical (unpaired) electrons. The molecule has 1 N–H and O–H groups in total. The van der Waals surface area contributed by atoms with Gasteiger partial charge in [0.1, 0.15) is 6.04 Å². The maximum atomic E-state index is 12.7. The third-order valence-electron chi connectivity index (χ3n) is 4.67. The van der Waals surface area contributed by atoms with Crippen LogP contribution in [0.2, 0.25) is 0 Å². The van der Waals surface area contributed by atoms with Gasteiger partial charge in [0.15, 0.2) is 0 Å². The summed E-state index contributed by atoms with van der Waals surface area (Å²) in [6, 6.07) is 9.94. The monoisotopic (exact) mass is 272 g/mol. The molecule has 3 heteroatoms. The topological polar surface area (TPSA) is 32.3 Å². The van der Waals surface area contributed by atoms with Gasteiger partial charge in [0.2, 0.25) is 5.91 Å². The predicted molar refractivity (Wildman–Crippen MR) is 80.0 cm³/mol. The van der Waals surface area contributed by atoms with Crippen LogP contribution in [-0.2, 0) is 4.79 Å². The number of hydrogen-bond acceptors (Lipinski definition) is 2. The lowest BCUT2D eigenvalue weighted by molar-refractivity contribution is -0.130. The third kappa shape index (κ3) is 2.59. The lowest BCUT2D eigenvalue weighted by atomic mass is 10.1. The normalized spacial score (nSPS) is 32.7. The summed E-state index contributed by atoms with van der Waals surface area (Å²) < 4.78 is 0. The van der Waals surface area contributed by atoms with Crippen molar-refractivity contribution >= 4 is 5.91 Å². The molecule has 0 bridgehead atoms. The second-order valence-electron chi connectivity index (χ2n) is 6.28. The van der Waals surface area contributed by atoms with Crippen molar-refractivity contribution in [1.82, 2.24) is 10.2 Å². The lowest BCUT2D eigenvalue weighted by Crippen LogP contribution is -2.38. The largest absolute Gasteiger partial charge is 0.325 e. The van der Waals surface area contributed by atoms with Crippen molar-refractivity contribution in [2.24, 2.45) is 11.8 Å². The van der Waals surface area contributed by atoms with Crippen molar-refractivity contribution in [3.63, 3.8) is 0 Å². The van der Waals surface area contributed by atoms with Gasteiger partial charge in [-0.15, -0.1) is 0 Å². The molecule has 1 aliphatic carbocycles. The zero-order chi connectivity index (χ0) is 14.1. The Kier molecular flexibility index (Phi) is 3.79. The minimum atomic E-state index is -0.151. The highest BCUT2D eigenvalue weighted by molar-refractivity contribution is 5.85. The molecule has 1 saturated carbocycles. The van der Waals surface area contributed by atoms with Crippen LogP contribution in [0.3, 0.4) is 0 Å². The highest BCUT2D eigenvalue weighted by Gasteiger charge is 2.43. The van der Waals surface area contributed by atoms with Crippen LogP contribution in [0.15, 0.2) is 30.3 Å². The number of hydrogen-bond donors (Lipinski definition) is 1. The maximum Gasteiger partial charge on any atom is 0.245 e. The number of rotatable bonds is 5. The van der Waals surface area contributed by atoms with E-state index in [1.807, 2.05) is 30.3 Å². The van der Waals surface area contributed by atoms with Crippen LogP contribution in [0.4, 0.5) is 0 Å². The van der Waals surface area contributed by atoms with Crippen molar-refractivity contribution in [1.29, 1.82) is 0 Å². The maximum absolute atomic E-state index is 12.7. The van der Waals surface area contributed by atoms with E-state index in [-0.39, 0.29) is 18.1 Å². The van der Waals surface area contributed by atoms with Gasteiger partial charge in [-0.25, -0.2) is 0 Å². The summed E-state index contributed by atoms with van der Waals surface area (Å²) in [4.78, 5) is 14.8. The molecular weight excluding hydrogens is 248 g/mol. The molecule has 1 amide bonds. The number of benzene rings is 1. The smallest absolute Gasteiger partial charge is 0.245 e. The second kappa shape index (κ2) is 5.57. The SMILES string of the molecule is CCCC1NC(c2ccccc2)C(=O)N1CC1CC1C. The Morgan fingerprint density at radius 2 is 2.00 bits per heavy atom. The van der Waals surface area contributed by atoms with E-state index in [9.17, 15) is 4.79 Å². The lowest BCUT2D eigenvalue weighted by Gasteiger charge is -2.23. The molecule has 0 spiro atoms. The Labute approximate surface area is 121 Å².